The van der Waals surface area contributed by atoms with Crippen molar-refractivity contribution in [3.63, 3.8) is 0 Å². The van der Waals surface area contributed by atoms with E-state index in [9.17, 15) is 18.3 Å². The lowest BCUT2D eigenvalue weighted by Gasteiger charge is -2.27. The van der Waals surface area contributed by atoms with Crippen molar-refractivity contribution >= 4 is 38.6 Å². The predicted octanol–water partition coefficient (Wildman–Crippen LogP) is 2.21. The van der Waals surface area contributed by atoms with Crippen LogP contribution in [0.4, 0.5) is 0 Å². The molecule has 1 aromatic carbocycles. The molecule has 1 aliphatic rings. The zero-order valence-corrected chi connectivity index (χ0v) is 13.9. The summed E-state index contributed by atoms with van der Waals surface area (Å²) in [6.45, 7) is 1.60. The molecule has 1 fully saturated rings. The summed E-state index contributed by atoms with van der Waals surface area (Å²) in [6.07, 6.45) is 1.75. The second-order valence-electron chi connectivity index (χ2n) is 5.24. The number of nitrogens with one attached hydrogen (secondary N) is 1. The number of benzene rings is 1. The summed E-state index contributed by atoms with van der Waals surface area (Å²) in [7, 11) is -3.68. The van der Waals surface area contributed by atoms with Crippen LogP contribution in [0.2, 0.25) is 0 Å². The van der Waals surface area contributed by atoms with Crippen LogP contribution in [0.3, 0.4) is 0 Å². The van der Waals surface area contributed by atoms with Crippen LogP contribution >= 0.6 is 22.6 Å². The summed E-state index contributed by atoms with van der Waals surface area (Å²) in [4.78, 5) is 11.5. The van der Waals surface area contributed by atoms with Gasteiger partial charge in [-0.3, -0.25) is 4.79 Å². The van der Waals surface area contributed by atoms with E-state index >= 15 is 0 Å². The Kier molecular flexibility index (Phi) is 4.41. The van der Waals surface area contributed by atoms with Gasteiger partial charge >= 0.3 is 5.97 Å². The molecule has 7 heteroatoms. The Morgan fingerprint density at radius 3 is 2.55 bits per heavy atom. The first-order valence-electron chi connectivity index (χ1n) is 6.27. The lowest BCUT2D eigenvalue weighted by molar-refractivity contribution is -0.148. The molecule has 2 rings (SSSR count). The number of carbonyl (C=O) groups is 1. The number of rotatable bonds is 4. The minimum atomic E-state index is -3.68. The maximum Gasteiger partial charge on any atom is 0.310 e. The molecule has 0 bridgehead atoms. The predicted molar refractivity (Wildman–Crippen MR) is 82.9 cm³/mol. The monoisotopic (exact) mass is 409 g/mol. The second kappa shape index (κ2) is 5.61. The van der Waals surface area contributed by atoms with Gasteiger partial charge in [-0.15, -0.1) is 0 Å². The van der Waals surface area contributed by atoms with Crippen molar-refractivity contribution in [2.75, 3.05) is 0 Å². The maximum absolute atomic E-state index is 12.3. The Hall–Kier alpha value is -0.670. The zero-order chi connectivity index (χ0) is 15.0. The van der Waals surface area contributed by atoms with E-state index in [0.29, 0.717) is 19.3 Å². The van der Waals surface area contributed by atoms with E-state index in [2.05, 4.69) is 27.3 Å². The molecule has 0 spiro atoms. The molecule has 1 aliphatic carbocycles. The van der Waals surface area contributed by atoms with Crippen LogP contribution < -0.4 is 4.72 Å². The fourth-order valence-electron chi connectivity index (χ4n) is 2.48. The van der Waals surface area contributed by atoms with Gasteiger partial charge in [-0.25, -0.2) is 13.1 Å². The number of hydrogen-bond donors (Lipinski definition) is 2. The lowest BCUT2D eigenvalue weighted by atomic mass is 9.85. The highest BCUT2D eigenvalue weighted by molar-refractivity contribution is 14.1. The minimum Gasteiger partial charge on any atom is -0.481 e. The van der Waals surface area contributed by atoms with E-state index in [1.54, 1.807) is 19.1 Å². The minimum absolute atomic E-state index is 0.164. The van der Waals surface area contributed by atoms with Crippen molar-refractivity contribution in [1.82, 2.24) is 4.72 Å². The zero-order valence-electron chi connectivity index (χ0n) is 11.0. The van der Waals surface area contributed by atoms with Gasteiger partial charge in [0.15, 0.2) is 0 Å². The van der Waals surface area contributed by atoms with Crippen LogP contribution in [0, 0.1) is 8.99 Å². The van der Waals surface area contributed by atoms with Crippen molar-refractivity contribution in [1.29, 1.82) is 0 Å². The van der Waals surface area contributed by atoms with Gasteiger partial charge in [0, 0.05) is 9.61 Å². The highest BCUT2D eigenvalue weighted by Gasteiger charge is 2.46. The molecular weight excluding hydrogens is 393 g/mol. The summed E-state index contributed by atoms with van der Waals surface area (Å²) in [5.74, 6) is -0.953. The van der Waals surface area contributed by atoms with Crippen LogP contribution in [0.15, 0.2) is 29.2 Å². The Morgan fingerprint density at radius 2 is 2.00 bits per heavy atom. The number of aliphatic carboxylic acids is 1. The number of halogens is 1. The summed E-state index contributed by atoms with van der Waals surface area (Å²) in [5.41, 5.74) is -1.03. The summed E-state index contributed by atoms with van der Waals surface area (Å²) in [6, 6.07) is 5.90. The van der Waals surface area contributed by atoms with E-state index in [-0.39, 0.29) is 4.90 Å². The first-order chi connectivity index (χ1) is 9.25. The molecule has 1 saturated carbocycles. The topological polar surface area (TPSA) is 83.5 Å². The van der Waals surface area contributed by atoms with Crippen LogP contribution in [0.5, 0.6) is 0 Å². The van der Waals surface area contributed by atoms with E-state index in [4.69, 9.17) is 0 Å². The van der Waals surface area contributed by atoms with Gasteiger partial charge in [-0.05, 0) is 66.6 Å². The average molecular weight is 409 g/mol. The Labute approximate surface area is 132 Å². The molecule has 0 amide bonds. The van der Waals surface area contributed by atoms with Gasteiger partial charge in [-0.2, -0.15) is 0 Å². The van der Waals surface area contributed by atoms with Crippen LogP contribution in [0.25, 0.3) is 0 Å². The summed E-state index contributed by atoms with van der Waals surface area (Å²) >= 11 is 2.10. The molecule has 0 heterocycles. The maximum atomic E-state index is 12.3. The van der Waals surface area contributed by atoms with Crippen LogP contribution in [-0.4, -0.2) is 25.5 Å². The largest absolute Gasteiger partial charge is 0.481 e. The quantitative estimate of drug-likeness (QED) is 0.748. The molecule has 2 atom stereocenters. The highest BCUT2D eigenvalue weighted by Crippen LogP contribution is 2.38. The van der Waals surface area contributed by atoms with Crippen molar-refractivity contribution in [2.45, 2.75) is 37.1 Å². The van der Waals surface area contributed by atoms with E-state index in [1.165, 1.54) is 12.1 Å². The SMILES string of the molecule is CC1(C(=O)O)CCCC1NS(=O)(=O)c1ccc(I)cc1. The normalized spacial score (nSPS) is 26.6. The Balaban J connectivity index is 2.24. The summed E-state index contributed by atoms with van der Waals surface area (Å²) < 4.78 is 28.1. The van der Waals surface area contributed by atoms with Gasteiger partial charge in [-0.1, -0.05) is 6.42 Å². The first kappa shape index (κ1) is 15.7. The Bertz CT molecular complexity index is 614. The van der Waals surface area contributed by atoms with Crippen LogP contribution in [0.1, 0.15) is 26.2 Å². The Morgan fingerprint density at radius 1 is 1.40 bits per heavy atom. The fraction of sp³-hybridized carbons (Fsp3) is 0.462. The van der Waals surface area contributed by atoms with Gasteiger partial charge in [0.1, 0.15) is 0 Å². The van der Waals surface area contributed by atoms with Crippen molar-refractivity contribution in [3.05, 3.63) is 27.8 Å². The molecular formula is C13H16INO4S. The molecule has 0 radical (unpaired) electrons. The van der Waals surface area contributed by atoms with Gasteiger partial charge in [0.2, 0.25) is 10.0 Å². The van der Waals surface area contributed by atoms with E-state index in [1.807, 2.05) is 0 Å². The molecule has 0 saturated heterocycles. The molecule has 0 aliphatic heterocycles. The average Bonchev–Trinajstić information content (AvgIpc) is 2.72. The fourth-order valence-corrected chi connectivity index (χ4v) is 4.22. The first-order valence-corrected chi connectivity index (χ1v) is 8.83. The number of hydrogen-bond acceptors (Lipinski definition) is 3. The van der Waals surface area contributed by atoms with E-state index < -0.39 is 27.4 Å². The third-order valence-corrected chi connectivity index (χ3v) is 6.07. The summed E-state index contributed by atoms with van der Waals surface area (Å²) in [5, 5.41) is 9.31. The van der Waals surface area contributed by atoms with Gasteiger partial charge in [0.05, 0.1) is 10.3 Å². The molecule has 5 nitrogen and oxygen atoms in total. The number of carboxylic acids is 1. The molecule has 1 aromatic rings. The second-order valence-corrected chi connectivity index (χ2v) is 8.20. The molecule has 2 N–H and O–H groups in total. The highest BCUT2D eigenvalue weighted by atomic mass is 127. The van der Waals surface area contributed by atoms with Crippen molar-refractivity contribution in [3.8, 4) is 0 Å². The molecule has 2 unspecified atom stereocenters. The van der Waals surface area contributed by atoms with Gasteiger partial charge < -0.3 is 5.11 Å². The van der Waals surface area contributed by atoms with E-state index in [0.717, 1.165) is 3.57 Å². The lowest BCUT2D eigenvalue weighted by Crippen LogP contribution is -2.46. The van der Waals surface area contributed by atoms with Crippen molar-refractivity contribution in [2.24, 2.45) is 5.41 Å². The number of sulfonamides is 1. The molecule has 110 valence electrons. The molecule has 0 aromatic heterocycles. The van der Waals surface area contributed by atoms with Crippen molar-refractivity contribution < 1.29 is 18.3 Å². The van der Waals surface area contributed by atoms with Gasteiger partial charge in [0.25, 0.3) is 0 Å². The van der Waals surface area contributed by atoms with Crippen LogP contribution in [-0.2, 0) is 14.8 Å². The smallest absolute Gasteiger partial charge is 0.310 e. The standard InChI is InChI=1S/C13H16INO4S/c1-13(12(16)17)8-2-3-11(13)15-20(18,19)10-6-4-9(14)5-7-10/h4-7,11,15H,2-3,8H2,1H3,(H,16,17). The number of carboxylic acid groups (broad SMARTS) is 1. The third kappa shape index (κ3) is 2.99. The molecule has 20 heavy (non-hydrogen) atoms. The third-order valence-electron chi connectivity index (χ3n) is 3.87.